The topological polar surface area (TPSA) is 85.4 Å². The van der Waals surface area contributed by atoms with Crippen molar-refractivity contribution >= 4 is 21.5 Å². The van der Waals surface area contributed by atoms with E-state index in [4.69, 9.17) is 4.74 Å². The number of aromatic nitrogens is 1. The summed E-state index contributed by atoms with van der Waals surface area (Å²) in [6.45, 7) is 6.26. The minimum absolute atomic E-state index is 0.0685. The van der Waals surface area contributed by atoms with Crippen molar-refractivity contribution in [1.29, 1.82) is 0 Å². The van der Waals surface area contributed by atoms with E-state index in [1.54, 1.807) is 38.4 Å². The van der Waals surface area contributed by atoms with Crippen LogP contribution in [0.5, 0.6) is 0 Å². The average molecular weight is 391 g/mol. The SMILES string of the molecule is CCCCNc1cc(C(=O)OCC)cc(S(=O)(=O)CC)c1-c1cccnc1. The number of carbonyl (C=O) groups is 1. The van der Waals surface area contributed by atoms with E-state index < -0.39 is 15.8 Å². The third-order valence-electron chi connectivity index (χ3n) is 4.12. The average Bonchev–Trinajstić information content (AvgIpc) is 2.68. The molecule has 0 aliphatic heterocycles. The van der Waals surface area contributed by atoms with Crippen LogP contribution in [0.25, 0.3) is 11.1 Å². The molecule has 0 spiro atoms. The van der Waals surface area contributed by atoms with Gasteiger partial charge in [0.15, 0.2) is 9.84 Å². The van der Waals surface area contributed by atoms with Gasteiger partial charge in [0.25, 0.3) is 0 Å². The molecule has 0 saturated heterocycles. The molecule has 0 unspecified atom stereocenters. The first-order valence-electron chi connectivity index (χ1n) is 9.16. The Morgan fingerprint density at radius 1 is 1.22 bits per heavy atom. The minimum atomic E-state index is -3.58. The zero-order valence-corrected chi connectivity index (χ0v) is 16.8. The van der Waals surface area contributed by atoms with Crippen LogP contribution in [0.3, 0.4) is 0 Å². The predicted octanol–water partition coefficient (Wildman–Crippen LogP) is 3.93. The Kier molecular flexibility index (Phi) is 7.36. The molecular formula is C20H26N2O4S. The molecule has 2 rings (SSSR count). The molecular weight excluding hydrogens is 364 g/mol. The number of sulfone groups is 1. The van der Waals surface area contributed by atoms with Gasteiger partial charge in [-0.1, -0.05) is 26.3 Å². The third kappa shape index (κ3) is 5.07. The van der Waals surface area contributed by atoms with Gasteiger partial charge in [0.05, 0.1) is 22.8 Å². The summed E-state index contributed by atoms with van der Waals surface area (Å²) in [6, 6.07) is 6.63. The summed E-state index contributed by atoms with van der Waals surface area (Å²) < 4.78 is 30.7. The maximum atomic E-state index is 12.8. The lowest BCUT2D eigenvalue weighted by molar-refractivity contribution is 0.0526. The summed E-state index contributed by atoms with van der Waals surface area (Å²) in [5.41, 5.74) is 2.03. The molecule has 0 saturated carbocycles. The molecule has 0 radical (unpaired) electrons. The van der Waals surface area contributed by atoms with Crippen molar-refractivity contribution in [3.8, 4) is 11.1 Å². The highest BCUT2D eigenvalue weighted by Crippen LogP contribution is 2.36. The van der Waals surface area contributed by atoms with Crippen molar-refractivity contribution in [3.05, 3.63) is 42.2 Å². The molecule has 2 aromatic rings. The number of benzene rings is 1. The second-order valence-corrected chi connectivity index (χ2v) is 8.29. The van der Waals surface area contributed by atoms with Crippen LogP contribution in [-0.4, -0.2) is 38.3 Å². The molecule has 0 atom stereocenters. The smallest absolute Gasteiger partial charge is 0.338 e. The number of unbranched alkanes of at least 4 members (excludes halogenated alkanes) is 1. The van der Waals surface area contributed by atoms with Gasteiger partial charge in [0.1, 0.15) is 0 Å². The fourth-order valence-corrected chi connectivity index (χ4v) is 3.85. The maximum absolute atomic E-state index is 12.8. The summed E-state index contributed by atoms with van der Waals surface area (Å²) >= 11 is 0. The number of hydrogen-bond donors (Lipinski definition) is 1. The molecule has 7 heteroatoms. The number of nitrogens with zero attached hydrogens (tertiary/aromatic N) is 1. The molecule has 27 heavy (non-hydrogen) atoms. The number of rotatable bonds is 9. The van der Waals surface area contributed by atoms with Gasteiger partial charge < -0.3 is 10.1 Å². The van der Waals surface area contributed by atoms with Gasteiger partial charge in [-0.2, -0.15) is 0 Å². The molecule has 0 bridgehead atoms. The lowest BCUT2D eigenvalue weighted by atomic mass is 10.0. The Balaban J connectivity index is 2.74. The van der Waals surface area contributed by atoms with Crippen LogP contribution in [0.1, 0.15) is 44.0 Å². The van der Waals surface area contributed by atoms with Crippen molar-refractivity contribution in [2.45, 2.75) is 38.5 Å². The second kappa shape index (κ2) is 9.50. The van der Waals surface area contributed by atoms with Gasteiger partial charge in [0.2, 0.25) is 0 Å². The van der Waals surface area contributed by atoms with Gasteiger partial charge in [-0.15, -0.1) is 0 Å². The first-order chi connectivity index (χ1) is 12.9. The van der Waals surface area contributed by atoms with Crippen LogP contribution in [-0.2, 0) is 14.6 Å². The van der Waals surface area contributed by atoms with Crippen LogP contribution in [0.4, 0.5) is 5.69 Å². The Hall–Kier alpha value is -2.41. The van der Waals surface area contributed by atoms with Crippen molar-refractivity contribution in [2.75, 3.05) is 24.2 Å². The van der Waals surface area contributed by atoms with E-state index in [9.17, 15) is 13.2 Å². The van der Waals surface area contributed by atoms with Gasteiger partial charge >= 0.3 is 5.97 Å². The number of carbonyl (C=O) groups excluding carboxylic acids is 1. The van der Waals surface area contributed by atoms with Gasteiger partial charge in [-0.25, -0.2) is 13.2 Å². The Bertz CT molecular complexity index is 880. The standard InChI is InChI=1S/C20H26N2O4S/c1-4-7-11-22-17-12-16(20(23)26-5-2)13-18(27(24,25)6-3)19(17)15-9-8-10-21-14-15/h8-10,12-14,22H,4-7,11H2,1-3H3. The number of pyridine rings is 1. The Morgan fingerprint density at radius 2 is 2.00 bits per heavy atom. The number of esters is 1. The largest absolute Gasteiger partial charge is 0.462 e. The molecule has 0 fully saturated rings. The first kappa shape index (κ1) is 20.9. The molecule has 1 heterocycles. The van der Waals surface area contributed by atoms with E-state index in [1.165, 1.54) is 6.07 Å². The van der Waals surface area contributed by atoms with Crippen LogP contribution in [0.2, 0.25) is 0 Å². The van der Waals surface area contributed by atoms with Gasteiger partial charge in [-0.3, -0.25) is 4.98 Å². The zero-order chi connectivity index (χ0) is 19.9. The molecule has 1 N–H and O–H groups in total. The predicted molar refractivity (Wildman–Crippen MR) is 107 cm³/mol. The molecule has 0 aliphatic carbocycles. The van der Waals surface area contributed by atoms with E-state index >= 15 is 0 Å². The number of nitrogens with one attached hydrogen (secondary N) is 1. The van der Waals surface area contributed by atoms with Crippen molar-refractivity contribution in [2.24, 2.45) is 0 Å². The van der Waals surface area contributed by atoms with Crippen molar-refractivity contribution in [3.63, 3.8) is 0 Å². The number of ether oxygens (including phenoxy) is 1. The highest BCUT2D eigenvalue weighted by Gasteiger charge is 2.24. The van der Waals surface area contributed by atoms with E-state index in [0.29, 0.717) is 23.4 Å². The van der Waals surface area contributed by atoms with E-state index in [2.05, 4.69) is 17.2 Å². The molecule has 0 amide bonds. The normalized spacial score (nSPS) is 11.2. The van der Waals surface area contributed by atoms with Crippen LogP contribution < -0.4 is 5.32 Å². The lowest BCUT2D eigenvalue weighted by Crippen LogP contribution is -2.13. The quantitative estimate of drug-likeness (QED) is 0.516. The van der Waals surface area contributed by atoms with Gasteiger partial charge in [-0.05, 0) is 31.5 Å². The number of hydrogen-bond acceptors (Lipinski definition) is 6. The summed E-state index contributed by atoms with van der Waals surface area (Å²) in [5.74, 6) is -0.609. The molecule has 0 aliphatic rings. The lowest BCUT2D eigenvalue weighted by Gasteiger charge is -2.18. The summed E-state index contributed by atoms with van der Waals surface area (Å²) in [4.78, 5) is 16.5. The molecule has 1 aromatic carbocycles. The van der Waals surface area contributed by atoms with E-state index in [1.807, 2.05) is 6.07 Å². The van der Waals surface area contributed by atoms with Crippen LogP contribution >= 0.6 is 0 Å². The fourth-order valence-electron chi connectivity index (χ4n) is 2.70. The van der Waals surface area contributed by atoms with Crippen molar-refractivity contribution < 1.29 is 17.9 Å². The fraction of sp³-hybridized carbons (Fsp3) is 0.400. The van der Waals surface area contributed by atoms with E-state index in [-0.39, 0.29) is 22.8 Å². The first-order valence-corrected chi connectivity index (χ1v) is 10.8. The summed E-state index contributed by atoms with van der Waals surface area (Å²) in [5, 5.41) is 3.29. The van der Waals surface area contributed by atoms with Crippen molar-refractivity contribution in [1.82, 2.24) is 4.98 Å². The molecule has 146 valence electrons. The second-order valence-electron chi connectivity index (χ2n) is 6.04. The maximum Gasteiger partial charge on any atom is 0.338 e. The van der Waals surface area contributed by atoms with E-state index in [0.717, 1.165) is 12.8 Å². The van der Waals surface area contributed by atoms with Crippen LogP contribution in [0.15, 0.2) is 41.6 Å². The zero-order valence-electron chi connectivity index (χ0n) is 16.0. The van der Waals surface area contributed by atoms with Crippen LogP contribution in [0, 0.1) is 0 Å². The Morgan fingerprint density at radius 3 is 2.59 bits per heavy atom. The number of anilines is 1. The monoisotopic (exact) mass is 390 g/mol. The summed E-state index contributed by atoms with van der Waals surface area (Å²) in [6.07, 6.45) is 5.17. The minimum Gasteiger partial charge on any atom is -0.462 e. The highest BCUT2D eigenvalue weighted by molar-refractivity contribution is 7.91. The molecule has 6 nitrogen and oxygen atoms in total. The summed E-state index contributed by atoms with van der Waals surface area (Å²) in [7, 11) is -3.58. The highest BCUT2D eigenvalue weighted by atomic mass is 32.2. The molecule has 1 aromatic heterocycles. The van der Waals surface area contributed by atoms with Gasteiger partial charge in [0, 0.05) is 35.8 Å². The third-order valence-corrected chi connectivity index (χ3v) is 5.88. The Labute approximate surface area is 160 Å².